The van der Waals surface area contributed by atoms with Crippen molar-refractivity contribution in [2.75, 3.05) is 6.54 Å². The second kappa shape index (κ2) is 5.97. The zero-order valence-electron chi connectivity index (χ0n) is 9.08. The number of hydrazine groups is 1. The summed E-state index contributed by atoms with van der Waals surface area (Å²) in [5.74, 6) is -0.951. The van der Waals surface area contributed by atoms with Gasteiger partial charge in [0.2, 0.25) is 0 Å². The van der Waals surface area contributed by atoms with Crippen molar-refractivity contribution >= 4 is 5.91 Å². The van der Waals surface area contributed by atoms with E-state index >= 15 is 0 Å². The van der Waals surface area contributed by atoms with Crippen LogP contribution in [-0.2, 0) is 6.18 Å². The van der Waals surface area contributed by atoms with E-state index in [-0.39, 0.29) is 13.0 Å². The minimum atomic E-state index is -4.62. The lowest BCUT2D eigenvalue weighted by atomic mass is 10.1. The third-order valence-corrected chi connectivity index (χ3v) is 1.93. The van der Waals surface area contributed by atoms with Gasteiger partial charge in [0.25, 0.3) is 5.91 Å². The number of pyridine rings is 1. The van der Waals surface area contributed by atoms with Gasteiger partial charge in [0.1, 0.15) is 0 Å². The first-order chi connectivity index (χ1) is 8.46. The number of halogens is 3. The molecular formula is C10H9F3N4O. The normalized spacial score (nSPS) is 10.8. The topological polar surface area (TPSA) is 77.8 Å². The molecule has 1 aromatic heterocycles. The molecule has 8 heteroatoms. The maximum absolute atomic E-state index is 12.6. The van der Waals surface area contributed by atoms with Gasteiger partial charge in [0, 0.05) is 25.4 Å². The van der Waals surface area contributed by atoms with Crippen LogP contribution in [0.4, 0.5) is 13.2 Å². The first-order valence-electron chi connectivity index (χ1n) is 4.88. The van der Waals surface area contributed by atoms with E-state index < -0.39 is 23.2 Å². The second-order valence-corrected chi connectivity index (χ2v) is 3.21. The van der Waals surface area contributed by atoms with Crippen molar-refractivity contribution in [1.82, 2.24) is 15.8 Å². The average Bonchev–Trinajstić information content (AvgIpc) is 2.33. The zero-order valence-corrected chi connectivity index (χ0v) is 9.08. The molecule has 0 bridgehead atoms. The molecule has 96 valence electrons. The highest BCUT2D eigenvalue weighted by atomic mass is 19.4. The van der Waals surface area contributed by atoms with Crippen LogP contribution in [0.2, 0.25) is 0 Å². The Bertz CT molecular complexity index is 467. The lowest BCUT2D eigenvalue weighted by molar-refractivity contribution is -0.138. The van der Waals surface area contributed by atoms with Crippen molar-refractivity contribution < 1.29 is 18.0 Å². The molecular weight excluding hydrogens is 249 g/mol. The number of carbonyl (C=O) groups excluding carboxylic acids is 1. The SMILES string of the molecule is N#CCCNNC(=O)c1cnccc1C(F)(F)F. The van der Waals surface area contributed by atoms with Gasteiger partial charge >= 0.3 is 6.18 Å². The first-order valence-corrected chi connectivity index (χ1v) is 4.88. The fourth-order valence-corrected chi connectivity index (χ4v) is 1.15. The summed E-state index contributed by atoms with van der Waals surface area (Å²) >= 11 is 0. The van der Waals surface area contributed by atoms with Crippen molar-refractivity contribution in [1.29, 1.82) is 5.26 Å². The standard InChI is InChI=1S/C10H9F3N4O/c11-10(12,13)8-2-5-15-6-7(8)9(18)17-16-4-1-3-14/h2,5-6,16H,1,4H2,(H,17,18). The molecule has 0 saturated heterocycles. The van der Waals surface area contributed by atoms with Gasteiger partial charge in [-0.1, -0.05) is 0 Å². The van der Waals surface area contributed by atoms with Crippen LogP contribution in [0.15, 0.2) is 18.5 Å². The van der Waals surface area contributed by atoms with Gasteiger partial charge in [0.15, 0.2) is 0 Å². The molecule has 1 amide bonds. The molecule has 0 unspecified atom stereocenters. The van der Waals surface area contributed by atoms with Gasteiger partial charge in [-0.25, -0.2) is 5.43 Å². The summed E-state index contributed by atoms with van der Waals surface area (Å²) in [5.41, 5.74) is 2.78. The molecule has 0 saturated carbocycles. The van der Waals surface area contributed by atoms with E-state index in [2.05, 4.69) is 15.8 Å². The number of nitrogens with zero attached hydrogens (tertiary/aromatic N) is 2. The molecule has 0 aromatic carbocycles. The summed E-state index contributed by atoms with van der Waals surface area (Å²) in [6.07, 6.45) is -2.70. The number of carbonyl (C=O) groups is 1. The fraction of sp³-hybridized carbons (Fsp3) is 0.300. The Labute approximate surface area is 101 Å². The molecule has 0 fully saturated rings. The van der Waals surface area contributed by atoms with Crippen molar-refractivity contribution in [3.8, 4) is 6.07 Å². The highest BCUT2D eigenvalue weighted by Crippen LogP contribution is 2.31. The molecule has 1 rings (SSSR count). The number of amides is 1. The smallest absolute Gasteiger partial charge is 0.287 e. The highest BCUT2D eigenvalue weighted by molar-refractivity contribution is 5.95. The zero-order chi connectivity index (χ0) is 13.6. The predicted octanol–water partition coefficient (Wildman–Crippen LogP) is 1.25. The lowest BCUT2D eigenvalue weighted by Gasteiger charge is -2.12. The quantitative estimate of drug-likeness (QED) is 0.629. The minimum Gasteiger partial charge on any atom is -0.287 e. The van der Waals surface area contributed by atoms with Crippen molar-refractivity contribution in [2.45, 2.75) is 12.6 Å². The van der Waals surface area contributed by atoms with Gasteiger partial charge in [0.05, 0.1) is 17.2 Å². The molecule has 18 heavy (non-hydrogen) atoms. The largest absolute Gasteiger partial charge is 0.417 e. The Morgan fingerprint density at radius 1 is 1.50 bits per heavy atom. The van der Waals surface area contributed by atoms with Crippen molar-refractivity contribution in [2.24, 2.45) is 0 Å². The summed E-state index contributed by atoms with van der Waals surface area (Å²) in [7, 11) is 0. The van der Waals surface area contributed by atoms with Crippen LogP contribution in [0.5, 0.6) is 0 Å². The van der Waals surface area contributed by atoms with Crippen LogP contribution >= 0.6 is 0 Å². The van der Waals surface area contributed by atoms with Gasteiger partial charge in [-0.2, -0.15) is 18.4 Å². The first kappa shape index (κ1) is 13.9. The van der Waals surface area contributed by atoms with Crippen LogP contribution in [0.1, 0.15) is 22.3 Å². The van der Waals surface area contributed by atoms with E-state index in [0.29, 0.717) is 0 Å². The third kappa shape index (κ3) is 3.71. The Kier molecular flexibility index (Phi) is 4.62. The molecule has 0 aliphatic heterocycles. The second-order valence-electron chi connectivity index (χ2n) is 3.21. The van der Waals surface area contributed by atoms with Crippen LogP contribution in [-0.4, -0.2) is 17.4 Å². The van der Waals surface area contributed by atoms with E-state index in [1.807, 2.05) is 6.07 Å². The van der Waals surface area contributed by atoms with E-state index in [9.17, 15) is 18.0 Å². The number of aromatic nitrogens is 1. The number of nitriles is 1. The van der Waals surface area contributed by atoms with Gasteiger partial charge in [-0.05, 0) is 6.07 Å². The highest BCUT2D eigenvalue weighted by Gasteiger charge is 2.35. The molecule has 0 radical (unpaired) electrons. The maximum atomic E-state index is 12.6. The van der Waals surface area contributed by atoms with Gasteiger partial charge in [-0.15, -0.1) is 0 Å². The van der Waals surface area contributed by atoms with Crippen LogP contribution in [0, 0.1) is 11.3 Å². The number of nitrogens with one attached hydrogen (secondary N) is 2. The Morgan fingerprint density at radius 3 is 2.83 bits per heavy atom. The average molecular weight is 258 g/mol. The summed E-state index contributed by atoms with van der Waals surface area (Å²) in [6.45, 7) is 0.143. The van der Waals surface area contributed by atoms with E-state index in [4.69, 9.17) is 5.26 Å². The number of hydrogen-bond acceptors (Lipinski definition) is 4. The molecule has 1 aromatic rings. The third-order valence-electron chi connectivity index (χ3n) is 1.93. The molecule has 0 aliphatic carbocycles. The van der Waals surface area contributed by atoms with Crippen molar-refractivity contribution in [3.63, 3.8) is 0 Å². The summed E-state index contributed by atoms with van der Waals surface area (Å²) in [6, 6.07) is 2.54. The maximum Gasteiger partial charge on any atom is 0.417 e. The number of hydrogen-bond donors (Lipinski definition) is 2. The van der Waals surface area contributed by atoms with Crippen LogP contribution in [0.25, 0.3) is 0 Å². The van der Waals surface area contributed by atoms with Crippen LogP contribution < -0.4 is 10.9 Å². The molecule has 0 aliphatic rings. The van der Waals surface area contributed by atoms with E-state index in [0.717, 1.165) is 18.5 Å². The van der Waals surface area contributed by atoms with Crippen LogP contribution in [0.3, 0.4) is 0 Å². The Balaban J connectivity index is 2.77. The minimum absolute atomic E-state index is 0.124. The summed E-state index contributed by atoms with van der Waals surface area (Å²) in [5, 5.41) is 8.24. The van der Waals surface area contributed by atoms with Gasteiger partial charge < -0.3 is 0 Å². The number of alkyl halides is 3. The van der Waals surface area contributed by atoms with Gasteiger partial charge in [-0.3, -0.25) is 15.2 Å². The Morgan fingerprint density at radius 2 is 2.22 bits per heavy atom. The monoisotopic (exact) mass is 258 g/mol. The summed E-state index contributed by atoms with van der Waals surface area (Å²) in [4.78, 5) is 15.0. The summed E-state index contributed by atoms with van der Waals surface area (Å²) < 4.78 is 37.7. The predicted molar refractivity (Wildman–Crippen MR) is 54.9 cm³/mol. The van der Waals surface area contributed by atoms with E-state index in [1.165, 1.54) is 0 Å². The molecule has 5 nitrogen and oxygen atoms in total. The lowest BCUT2D eigenvalue weighted by Crippen LogP contribution is -2.38. The molecule has 2 N–H and O–H groups in total. The molecule has 0 spiro atoms. The molecule has 0 atom stereocenters. The van der Waals surface area contributed by atoms with Crippen molar-refractivity contribution in [3.05, 3.63) is 29.6 Å². The fourth-order valence-electron chi connectivity index (χ4n) is 1.15. The van der Waals surface area contributed by atoms with E-state index in [1.54, 1.807) is 0 Å². The Hall–Kier alpha value is -2.14. The molecule has 1 heterocycles. The number of rotatable bonds is 4.